The van der Waals surface area contributed by atoms with Gasteiger partial charge in [0.15, 0.2) is 5.82 Å². The number of likely N-dealkylation sites (N-methyl/N-ethyl adjacent to an activating group) is 1. The maximum Gasteiger partial charge on any atom is 0.234 e. The topological polar surface area (TPSA) is 66.6 Å². The van der Waals surface area contributed by atoms with Crippen LogP contribution in [0.3, 0.4) is 0 Å². The predicted molar refractivity (Wildman–Crippen MR) is 83.0 cm³/mol. The van der Waals surface area contributed by atoms with Gasteiger partial charge in [0.05, 0.1) is 0 Å². The first-order valence-electron chi connectivity index (χ1n) is 7.88. The lowest BCUT2D eigenvalue weighted by Crippen LogP contribution is -2.47. The quantitative estimate of drug-likeness (QED) is 0.832. The summed E-state index contributed by atoms with van der Waals surface area (Å²) in [7, 11) is 2.10. The van der Waals surface area contributed by atoms with Gasteiger partial charge in [-0.05, 0) is 19.9 Å². The highest BCUT2D eigenvalue weighted by Gasteiger charge is 2.30. The van der Waals surface area contributed by atoms with Gasteiger partial charge < -0.3 is 9.80 Å². The largest absolute Gasteiger partial charge is 0.340 e. The Morgan fingerprint density at radius 2 is 2.00 bits per heavy atom. The highest BCUT2D eigenvalue weighted by molar-refractivity contribution is 7.16. The van der Waals surface area contributed by atoms with E-state index in [2.05, 4.69) is 27.2 Å². The van der Waals surface area contributed by atoms with Crippen LogP contribution in [-0.2, 0) is 11.2 Å². The van der Waals surface area contributed by atoms with E-state index in [0.717, 1.165) is 42.0 Å². The monoisotopic (exact) mass is 320 g/mol. The molecule has 1 saturated heterocycles. The van der Waals surface area contributed by atoms with E-state index in [1.54, 1.807) is 11.3 Å². The number of piperazine rings is 1. The minimum Gasteiger partial charge on any atom is -0.340 e. The van der Waals surface area contributed by atoms with Gasteiger partial charge in [-0.2, -0.15) is 9.61 Å². The summed E-state index contributed by atoms with van der Waals surface area (Å²) in [5.74, 6) is 1.77. The Hall–Kier alpha value is -1.54. The van der Waals surface area contributed by atoms with E-state index in [4.69, 9.17) is 0 Å². The van der Waals surface area contributed by atoms with Crippen LogP contribution in [0.2, 0.25) is 0 Å². The Morgan fingerprint density at radius 1 is 1.23 bits per heavy atom. The molecule has 4 rings (SSSR count). The first kappa shape index (κ1) is 14.1. The maximum absolute atomic E-state index is 12.3. The van der Waals surface area contributed by atoms with Crippen LogP contribution in [0.4, 0.5) is 0 Å². The smallest absolute Gasteiger partial charge is 0.234 e. The first-order chi connectivity index (χ1) is 10.7. The first-order valence-corrected chi connectivity index (χ1v) is 8.69. The molecule has 2 aromatic rings. The van der Waals surface area contributed by atoms with Crippen molar-refractivity contribution in [1.82, 2.24) is 29.6 Å². The van der Waals surface area contributed by atoms with E-state index < -0.39 is 0 Å². The third-order valence-electron chi connectivity index (χ3n) is 4.41. The van der Waals surface area contributed by atoms with Crippen molar-refractivity contribution in [2.75, 3.05) is 33.2 Å². The summed E-state index contributed by atoms with van der Waals surface area (Å²) < 4.78 is 1.87. The van der Waals surface area contributed by atoms with Crippen molar-refractivity contribution in [2.45, 2.75) is 31.6 Å². The lowest BCUT2D eigenvalue weighted by molar-refractivity contribution is -0.132. The Balaban J connectivity index is 1.38. The van der Waals surface area contributed by atoms with E-state index in [9.17, 15) is 4.79 Å². The molecule has 1 saturated carbocycles. The lowest BCUT2D eigenvalue weighted by Gasteiger charge is -2.32. The summed E-state index contributed by atoms with van der Waals surface area (Å²) in [5.41, 5.74) is 0. The molecular weight excluding hydrogens is 300 g/mol. The SMILES string of the molecule is CN1CCN(C(=O)CCc2nn3c(C4CC4)nnc3s2)CC1. The van der Waals surface area contributed by atoms with Gasteiger partial charge in [-0.1, -0.05) is 11.3 Å². The molecule has 3 heterocycles. The van der Waals surface area contributed by atoms with Crippen LogP contribution in [-0.4, -0.2) is 68.7 Å². The van der Waals surface area contributed by atoms with Gasteiger partial charge in [0.1, 0.15) is 5.01 Å². The van der Waals surface area contributed by atoms with Crippen LogP contribution in [0.1, 0.15) is 36.0 Å². The number of rotatable bonds is 4. The minimum absolute atomic E-state index is 0.237. The number of fused-ring (bicyclic) bond motifs is 1. The number of nitrogens with zero attached hydrogens (tertiary/aromatic N) is 6. The molecule has 2 aromatic heterocycles. The number of hydrogen-bond acceptors (Lipinski definition) is 6. The van der Waals surface area contributed by atoms with Crippen molar-refractivity contribution < 1.29 is 4.79 Å². The molecule has 0 spiro atoms. The molecule has 1 aliphatic heterocycles. The molecule has 0 unspecified atom stereocenters. The lowest BCUT2D eigenvalue weighted by atomic mass is 10.2. The molecule has 0 bridgehead atoms. The number of aromatic nitrogens is 4. The molecule has 0 aromatic carbocycles. The molecular formula is C14H20N6OS. The van der Waals surface area contributed by atoms with Crippen LogP contribution in [0.15, 0.2) is 0 Å². The summed E-state index contributed by atoms with van der Waals surface area (Å²) in [6.07, 6.45) is 3.61. The van der Waals surface area contributed by atoms with Gasteiger partial charge in [-0.3, -0.25) is 4.79 Å². The van der Waals surface area contributed by atoms with Crippen LogP contribution in [0, 0.1) is 0 Å². The van der Waals surface area contributed by atoms with Gasteiger partial charge in [0.2, 0.25) is 10.9 Å². The zero-order valence-corrected chi connectivity index (χ0v) is 13.6. The van der Waals surface area contributed by atoms with E-state index in [0.29, 0.717) is 18.8 Å². The van der Waals surface area contributed by atoms with Gasteiger partial charge in [0.25, 0.3) is 0 Å². The van der Waals surface area contributed by atoms with E-state index in [1.165, 1.54) is 12.8 Å². The molecule has 118 valence electrons. The molecule has 2 aliphatic rings. The summed E-state index contributed by atoms with van der Waals surface area (Å²) in [4.78, 5) is 17.3. The average Bonchev–Trinajstić information content (AvgIpc) is 3.16. The Kier molecular flexibility index (Phi) is 3.57. The molecule has 22 heavy (non-hydrogen) atoms. The van der Waals surface area contributed by atoms with Crippen LogP contribution >= 0.6 is 11.3 Å². The van der Waals surface area contributed by atoms with Crippen molar-refractivity contribution in [3.8, 4) is 0 Å². The normalized spacial score (nSPS) is 20.0. The van der Waals surface area contributed by atoms with E-state index >= 15 is 0 Å². The summed E-state index contributed by atoms with van der Waals surface area (Å²) in [6.45, 7) is 3.61. The highest BCUT2D eigenvalue weighted by Crippen LogP contribution is 2.39. The summed E-state index contributed by atoms with van der Waals surface area (Å²) in [5, 5.41) is 14.0. The summed E-state index contributed by atoms with van der Waals surface area (Å²) >= 11 is 1.55. The second-order valence-corrected chi connectivity index (χ2v) is 7.25. The fourth-order valence-electron chi connectivity index (χ4n) is 2.80. The Morgan fingerprint density at radius 3 is 2.73 bits per heavy atom. The zero-order chi connectivity index (χ0) is 15.1. The second-order valence-electron chi connectivity index (χ2n) is 6.21. The van der Waals surface area contributed by atoms with Crippen molar-refractivity contribution >= 4 is 22.2 Å². The standard InChI is InChI=1S/C14H20N6OS/c1-18-6-8-19(9-7-18)12(21)5-4-11-17-20-13(10-2-3-10)15-16-14(20)22-11/h10H,2-9H2,1H3. The molecule has 0 atom stereocenters. The fourth-order valence-corrected chi connectivity index (χ4v) is 3.64. The molecule has 2 fully saturated rings. The number of amides is 1. The third kappa shape index (κ3) is 2.72. The molecule has 0 N–H and O–H groups in total. The average molecular weight is 320 g/mol. The Labute approximate surface area is 132 Å². The fraction of sp³-hybridized carbons (Fsp3) is 0.714. The number of carbonyl (C=O) groups is 1. The van der Waals surface area contributed by atoms with Crippen LogP contribution in [0.5, 0.6) is 0 Å². The maximum atomic E-state index is 12.3. The van der Waals surface area contributed by atoms with Crippen LogP contribution in [0.25, 0.3) is 4.96 Å². The zero-order valence-electron chi connectivity index (χ0n) is 12.7. The highest BCUT2D eigenvalue weighted by atomic mass is 32.1. The number of hydrogen-bond donors (Lipinski definition) is 0. The molecule has 1 aliphatic carbocycles. The van der Waals surface area contributed by atoms with Crippen molar-refractivity contribution in [2.24, 2.45) is 0 Å². The molecule has 1 amide bonds. The van der Waals surface area contributed by atoms with Gasteiger partial charge in [-0.15, -0.1) is 10.2 Å². The second kappa shape index (κ2) is 5.58. The molecule has 7 nitrogen and oxygen atoms in total. The van der Waals surface area contributed by atoms with Gasteiger partial charge in [-0.25, -0.2) is 0 Å². The molecule has 8 heteroatoms. The number of carbonyl (C=O) groups excluding carboxylic acids is 1. The van der Waals surface area contributed by atoms with Crippen molar-refractivity contribution in [3.63, 3.8) is 0 Å². The van der Waals surface area contributed by atoms with Crippen molar-refractivity contribution in [1.29, 1.82) is 0 Å². The number of aryl methyl sites for hydroxylation is 1. The Bertz CT molecular complexity index is 683. The van der Waals surface area contributed by atoms with Gasteiger partial charge in [0, 0.05) is 44.9 Å². The van der Waals surface area contributed by atoms with Crippen LogP contribution < -0.4 is 0 Å². The van der Waals surface area contributed by atoms with Crippen molar-refractivity contribution in [3.05, 3.63) is 10.8 Å². The minimum atomic E-state index is 0.237. The van der Waals surface area contributed by atoms with E-state index in [-0.39, 0.29) is 5.91 Å². The predicted octanol–water partition coefficient (Wildman–Crippen LogP) is 0.770. The summed E-state index contributed by atoms with van der Waals surface area (Å²) in [6, 6.07) is 0. The van der Waals surface area contributed by atoms with E-state index in [1.807, 2.05) is 9.42 Å². The molecule has 0 radical (unpaired) electrons. The third-order valence-corrected chi connectivity index (χ3v) is 5.37. The van der Waals surface area contributed by atoms with Gasteiger partial charge >= 0.3 is 0 Å².